The summed E-state index contributed by atoms with van der Waals surface area (Å²) in [5.41, 5.74) is 0. The van der Waals surface area contributed by atoms with E-state index in [0.29, 0.717) is 0 Å². The molecule has 0 radical (unpaired) electrons. The second-order valence-corrected chi connectivity index (χ2v) is 4.87. The lowest BCUT2D eigenvalue weighted by atomic mass is 10.4. The highest BCUT2D eigenvalue weighted by Gasteiger charge is 2.26. The van der Waals surface area contributed by atoms with Crippen LogP contribution in [0.4, 0.5) is 0 Å². The number of ether oxygens (including phenoxy) is 1. The van der Waals surface area contributed by atoms with Crippen LogP contribution in [0.1, 0.15) is 13.8 Å². The van der Waals surface area contributed by atoms with Crippen LogP contribution in [0.15, 0.2) is 12.2 Å². The van der Waals surface area contributed by atoms with Gasteiger partial charge in [-0.05, 0) is 19.9 Å². The van der Waals surface area contributed by atoms with Gasteiger partial charge in [-0.25, -0.2) is 4.79 Å². The van der Waals surface area contributed by atoms with Crippen molar-refractivity contribution in [3.05, 3.63) is 12.2 Å². The van der Waals surface area contributed by atoms with Gasteiger partial charge in [-0.3, -0.25) is 10.1 Å². The largest absolute Gasteiger partial charge is 0.463 e. The Labute approximate surface area is 101 Å². The molecule has 0 aromatic rings. The summed E-state index contributed by atoms with van der Waals surface area (Å²) in [7, 11) is -1.96. The zero-order chi connectivity index (χ0) is 13.3. The van der Waals surface area contributed by atoms with Crippen molar-refractivity contribution in [1.82, 2.24) is 5.32 Å². The molecule has 0 aliphatic carbocycles. The summed E-state index contributed by atoms with van der Waals surface area (Å²) in [5, 5.41) is 11.5. The lowest BCUT2D eigenvalue weighted by molar-refractivity contribution is -0.137. The first-order chi connectivity index (χ1) is 8.01. The average molecular weight is 262 g/mol. The van der Waals surface area contributed by atoms with E-state index >= 15 is 0 Å². The zero-order valence-electron chi connectivity index (χ0n) is 9.88. The number of carbonyl (C=O) groups excluding carboxylic acids is 2. The van der Waals surface area contributed by atoms with Gasteiger partial charge in [0.25, 0.3) is 0 Å². The highest BCUT2D eigenvalue weighted by Crippen LogP contribution is 2.25. The van der Waals surface area contributed by atoms with Gasteiger partial charge in [-0.2, -0.15) is 0 Å². The summed E-state index contributed by atoms with van der Waals surface area (Å²) < 4.78 is 16.1. The van der Waals surface area contributed by atoms with Gasteiger partial charge in [0.15, 0.2) is 0 Å². The van der Waals surface area contributed by atoms with Crippen LogP contribution in [0.25, 0.3) is 0 Å². The number of esters is 1. The predicted molar refractivity (Wildman–Crippen MR) is 62.9 cm³/mol. The molecule has 0 amide bonds. The van der Waals surface area contributed by atoms with Gasteiger partial charge in [-0.1, -0.05) is 4.57 Å². The first kappa shape index (κ1) is 15.9. The summed E-state index contributed by atoms with van der Waals surface area (Å²) >= 11 is 0. The van der Waals surface area contributed by atoms with Gasteiger partial charge in [0, 0.05) is 6.08 Å². The maximum absolute atomic E-state index is 11.4. The Balaban J connectivity index is 4.42. The second kappa shape index (κ2) is 8.98. The van der Waals surface area contributed by atoms with E-state index in [1.807, 2.05) is 0 Å². The van der Waals surface area contributed by atoms with E-state index in [1.54, 1.807) is 6.92 Å². The van der Waals surface area contributed by atoms with Crippen molar-refractivity contribution in [3.8, 4) is 0 Å². The molecule has 0 saturated heterocycles. The fourth-order valence-electron chi connectivity index (χ4n) is 0.962. The van der Waals surface area contributed by atoms with E-state index in [4.69, 9.17) is 5.11 Å². The Morgan fingerprint density at radius 2 is 2.18 bits per heavy atom. The molecule has 0 heterocycles. The fourth-order valence-corrected chi connectivity index (χ4v) is 1.71. The third kappa shape index (κ3) is 7.74. The van der Waals surface area contributed by atoms with E-state index in [0.717, 1.165) is 6.08 Å². The van der Waals surface area contributed by atoms with Gasteiger partial charge in [0.05, 0.1) is 13.2 Å². The minimum atomic E-state index is -1.96. The van der Waals surface area contributed by atoms with Crippen LogP contribution >= 0.6 is 7.80 Å². The fraction of sp³-hybridized carbons (Fsp3) is 0.600. The van der Waals surface area contributed by atoms with Crippen molar-refractivity contribution in [1.29, 1.82) is 0 Å². The number of rotatable bonds is 8. The van der Waals surface area contributed by atoms with E-state index in [9.17, 15) is 14.2 Å². The number of nitrogens with one attached hydrogen (secondary N) is 1. The Morgan fingerprint density at radius 3 is 2.65 bits per heavy atom. The Kier molecular flexibility index (Phi) is 8.40. The van der Waals surface area contributed by atoms with Gasteiger partial charge < -0.3 is 9.84 Å². The van der Waals surface area contributed by atoms with E-state index in [-0.39, 0.29) is 18.9 Å². The standard InChI is InChI=1S/C10H17NO5P/c1-3-16-10(14)5-4-9(17(15)7-12)11-6-8(2)13/h4-5,9,11-12H,3,6-7H2,1-2H3/q+1. The minimum absolute atomic E-state index is 0.0267. The number of hydrogen-bond donors (Lipinski definition) is 2. The molecule has 0 spiro atoms. The highest BCUT2D eigenvalue weighted by atomic mass is 31.1. The molecule has 96 valence electrons. The Morgan fingerprint density at radius 1 is 1.53 bits per heavy atom. The van der Waals surface area contributed by atoms with Gasteiger partial charge in [0.2, 0.25) is 12.1 Å². The topological polar surface area (TPSA) is 92.7 Å². The molecule has 0 aliphatic heterocycles. The van der Waals surface area contributed by atoms with Crippen LogP contribution in [0.5, 0.6) is 0 Å². The molecular weight excluding hydrogens is 245 g/mol. The molecule has 2 atom stereocenters. The summed E-state index contributed by atoms with van der Waals surface area (Å²) in [4.78, 5) is 21.8. The summed E-state index contributed by atoms with van der Waals surface area (Å²) in [6.45, 7) is 3.33. The van der Waals surface area contributed by atoms with E-state index in [1.165, 1.54) is 13.0 Å². The Hall–Kier alpha value is -1.10. The van der Waals surface area contributed by atoms with Crippen molar-refractivity contribution >= 4 is 19.6 Å². The van der Waals surface area contributed by atoms with Gasteiger partial charge in [-0.15, -0.1) is 0 Å². The molecule has 2 unspecified atom stereocenters. The molecule has 0 aromatic heterocycles. The quantitative estimate of drug-likeness (QED) is 0.373. The number of aliphatic hydroxyl groups excluding tert-OH is 1. The molecule has 7 heteroatoms. The third-order valence-corrected chi connectivity index (χ3v) is 2.96. The lowest BCUT2D eigenvalue weighted by Gasteiger charge is -2.03. The molecule has 0 bridgehead atoms. The highest BCUT2D eigenvalue weighted by molar-refractivity contribution is 7.45. The molecule has 17 heavy (non-hydrogen) atoms. The van der Waals surface area contributed by atoms with Crippen molar-refractivity contribution in [2.45, 2.75) is 19.6 Å². The van der Waals surface area contributed by atoms with Gasteiger partial charge >= 0.3 is 13.8 Å². The summed E-state index contributed by atoms with van der Waals surface area (Å²) in [6.07, 6.45) is 1.94. The molecule has 0 rings (SSSR count). The van der Waals surface area contributed by atoms with Crippen LogP contribution in [-0.4, -0.2) is 42.1 Å². The third-order valence-electron chi connectivity index (χ3n) is 1.71. The first-order valence-corrected chi connectivity index (χ1v) is 6.65. The number of carbonyl (C=O) groups is 2. The zero-order valence-corrected chi connectivity index (χ0v) is 10.8. The molecular formula is C10H17NO5P+. The van der Waals surface area contributed by atoms with Crippen LogP contribution in [-0.2, 0) is 18.9 Å². The predicted octanol–water partition coefficient (Wildman–Crippen LogP) is 0.388. The number of aliphatic hydroxyl groups is 1. The van der Waals surface area contributed by atoms with E-state index in [2.05, 4.69) is 10.1 Å². The number of Topliss-reactive ketones (excluding diaryl/α,β-unsaturated/α-hetero) is 1. The molecule has 6 nitrogen and oxygen atoms in total. The monoisotopic (exact) mass is 262 g/mol. The SMILES string of the molecule is CCOC(=O)C=CC(NCC(C)=O)[P+](=O)CO. The smallest absolute Gasteiger partial charge is 0.389 e. The summed E-state index contributed by atoms with van der Waals surface area (Å²) in [6, 6.07) is 0. The molecule has 0 aliphatic rings. The maximum Gasteiger partial charge on any atom is 0.389 e. The van der Waals surface area contributed by atoms with Crippen LogP contribution in [0.3, 0.4) is 0 Å². The molecule has 0 saturated carbocycles. The lowest BCUT2D eigenvalue weighted by Crippen LogP contribution is -2.29. The Bertz CT molecular complexity index is 316. The van der Waals surface area contributed by atoms with E-state index < -0.39 is 25.9 Å². The molecule has 2 N–H and O–H groups in total. The first-order valence-electron chi connectivity index (χ1n) is 5.13. The number of ketones is 1. The summed E-state index contributed by atoms with van der Waals surface area (Å²) in [5.74, 6) is -1.40. The van der Waals surface area contributed by atoms with Gasteiger partial charge in [0.1, 0.15) is 5.78 Å². The normalized spacial score (nSPS) is 13.5. The van der Waals surface area contributed by atoms with Crippen LogP contribution < -0.4 is 5.32 Å². The van der Waals surface area contributed by atoms with Crippen molar-refractivity contribution in [2.75, 3.05) is 19.5 Å². The molecule has 0 aromatic carbocycles. The average Bonchev–Trinajstić information content (AvgIpc) is 2.28. The maximum atomic E-state index is 11.4. The molecule has 0 fully saturated rings. The van der Waals surface area contributed by atoms with Crippen LogP contribution in [0.2, 0.25) is 0 Å². The number of hydrogen-bond acceptors (Lipinski definition) is 6. The minimum Gasteiger partial charge on any atom is -0.463 e. The van der Waals surface area contributed by atoms with Crippen LogP contribution in [0, 0.1) is 0 Å². The van der Waals surface area contributed by atoms with Crippen molar-refractivity contribution in [2.24, 2.45) is 0 Å². The second-order valence-electron chi connectivity index (χ2n) is 3.20. The van der Waals surface area contributed by atoms with Crippen molar-refractivity contribution < 1.29 is 24.0 Å². The van der Waals surface area contributed by atoms with Crippen molar-refractivity contribution in [3.63, 3.8) is 0 Å².